The predicted octanol–water partition coefficient (Wildman–Crippen LogP) is 4.72. The number of aliphatic hydroxyl groups excluding tert-OH is 1. The van der Waals surface area contributed by atoms with Crippen LogP contribution < -0.4 is 0 Å². The number of carbonyl (C=O) groups excluding carboxylic acids is 1. The Hall–Kier alpha value is -0.970. The molecule has 1 heterocycles. The van der Waals surface area contributed by atoms with Crippen molar-refractivity contribution < 1.29 is 14.6 Å². The van der Waals surface area contributed by atoms with E-state index in [2.05, 4.69) is 0 Å². The molecule has 0 unspecified atom stereocenters. The number of amides is 1. The van der Waals surface area contributed by atoms with Gasteiger partial charge in [-0.2, -0.15) is 0 Å². The number of aliphatic hydroxyl groups is 1. The highest BCUT2D eigenvalue weighted by Gasteiger charge is 2.31. The van der Waals surface area contributed by atoms with E-state index in [0.717, 1.165) is 18.4 Å². The third-order valence-corrected chi connectivity index (χ3v) is 5.07. The second-order valence-corrected chi connectivity index (χ2v) is 8.08. The summed E-state index contributed by atoms with van der Waals surface area (Å²) in [7, 11) is 0. The van der Waals surface area contributed by atoms with Crippen LogP contribution in [-0.4, -0.2) is 41.4 Å². The van der Waals surface area contributed by atoms with Crippen molar-refractivity contribution in [1.82, 2.24) is 4.90 Å². The fourth-order valence-electron chi connectivity index (χ4n) is 3.08. The lowest BCUT2D eigenvalue weighted by atomic mass is 9.80. The molecule has 0 saturated carbocycles. The van der Waals surface area contributed by atoms with E-state index in [-0.39, 0.29) is 18.6 Å². The number of rotatable bonds is 3. The maximum Gasteiger partial charge on any atom is 0.410 e. The van der Waals surface area contributed by atoms with Gasteiger partial charge in [0.2, 0.25) is 0 Å². The zero-order valence-electron chi connectivity index (χ0n) is 14.4. The van der Waals surface area contributed by atoms with Crippen molar-refractivity contribution in [3.8, 4) is 0 Å². The van der Waals surface area contributed by atoms with Crippen molar-refractivity contribution in [3.63, 3.8) is 0 Å². The number of piperidine rings is 1. The Kier molecular flexibility index (Phi) is 6.40. The molecule has 0 aliphatic carbocycles. The quantitative estimate of drug-likeness (QED) is 0.833. The van der Waals surface area contributed by atoms with Gasteiger partial charge in [-0.05, 0) is 57.2 Å². The summed E-state index contributed by atoms with van der Waals surface area (Å²) in [6, 6.07) is 5.50. The van der Waals surface area contributed by atoms with Crippen molar-refractivity contribution in [2.75, 3.05) is 19.7 Å². The second kappa shape index (κ2) is 7.94. The minimum absolute atomic E-state index is 0.000512. The van der Waals surface area contributed by atoms with Gasteiger partial charge in [0.1, 0.15) is 5.60 Å². The number of likely N-dealkylation sites (tertiary alicyclic amines) is 1. The SMILES string of the molecule is CC(C)(C)OC(=O)N1CCC([C@H](CO)c2ccc(Cl)c(Cl)c2)CC1. The lowest BCUT2D eigenvalue weighted by Gasteiger charge is -2.36. The topological polar surface area (TPSA) is 49.8 Å². The van der Waals surface area contributed by atoms with Gasteiger partial charge in [0.05, 0.1) is 16.7 Å². The first-order valence-corrected chi connectivity index (χ1v) is 9.00. The second-order valence-electron chi connectivity index (χ2n) is 7.27. The van der Waals surface area contributed by atoms with Gasteiger partial charge in [0.25, 0.3) is 0 Å². The molecule has 1 amide bonds. The maximum absolute atomic E-state index is 12.1. The average molecular weight is 374 g/mol. The summed E-state index contributed by atoms with van der Waals surface area (Å²) < 4.78 is 5.42. The number of nitrogens with zero attached hydrogens (tertiary/aromatic N) is 1. The Labute approximate surface area is 153 Å². The van der Waals surface area contributed by atoms with Crippen LogP contribution in [0.3, 0.4) is 0 Å². The molecule has 6 heteroatoms. The van der Waals surface area contributed by atoms with Crippen LogP contribution in [-0.2, 0) is 4.74 Å². The molecule has 1 N–H and O–H groups in total. The van der Waals surface area contributed by atoms with Crippen LogP contribution in [0.25, 0.3) is 0 Å². The predicted molar refractivity (Wildman–Crippen MR) is 96.8 cm³/mol. The highest BCUT2D eigenvalue weighted by atomic mass is 35.5. The highest BCUT2D eigenvalue weighted by Crippen LogP contribution is 2.35. The number of ether oxygens (including phenoxy) is 1. The summed E-state index contributed by atoms with van der Waals surface area (Å²) in [5, 5.41) is 10.8. The monoisotopic (exact) mass is 373 g/mol. The molecule has 1 aromatic carbocycles. The summed E-state index contributed by atoms with van der Waals surface area (Å²) in [6.45, 7) is 6.92. The minimum Gasteiger partial charge on any atom is -0.444 e. The van der Waals surface area contributed by atoms with Crippen LogP contribution in [0.4, 0.5) is 4.79 Å². The van der Waals surface area contributed by atoms with E-state index < -0.39 is 5.60 Å². The number of carbonyl (C=O) groups is 1. The van der Waals surface area contributed by atoms with Crippen molar-refractivity contribution in [2.24, 2.45) is 5.92 Å². The average Bonchev–Trinajstić information content (AvgIpc) is 2.50. The molecular formula is C18H25Cl2NO3. The summed E-state index contributed by atoms with van der Waals surface area (Å²) in [6.07, 6.45) is 1.38. The lowest BCUT2D eigenvalue weighted by Crippen LogP contribution is -2.42. The Bertz CT molecular complexity index is 578. The minimum atomic E-state index is -0.485. The Morgan fingerprint density at radius 3 is 2.42 bits per heavy atom. The molecule has 1 aromatic rings. The molecule has 1 fully saturated rings. The Morgan fingerprint density at radius 2 is 1.92 bits per heavy atom. The van der Waals surface area contributed by atoms with Gasteiger partial charge in [-0.15, -0.1) is 0 Å². The fourth-order valence-corrected chi connectivity index (χ4v) is 3.39. The van der Waals surface area contributed by atoms with E-state index in [4.69, 9.17) is 27.9 Å². The third kappa shape index (κ3) is 5.01. The number of hydrogen-bond acceptors (Lipinski definition) is 3. The lowest BCUT2D eigenvalue weighted by molar-refractivity contribution is 0.0165. The van der Waals surface area contributed by atoms with E-state index >= 15 is 0 Å². The number of benzene rings is 1. The first-order valence-electron chi connectivity index (χ1n) is 8.25. The van der Waals surface area contributed by atoms with Gasteiger partial charge < -0.3 is 14.7 Å². The molecule has 0 radical (unpaired) electrons. The van der Waals surface area contributed by atoms with Crippen LogP contribution in [0.1, 0.15) is 45.1 Å². The van der Waals surface area contributed by atoms with Gasteiger partial charge in [-0.1, -0.05) is 29.3 Å². The van der Waals surface area contributed by atoms with E-state index in [1.165, 1.54) is 0 Å². The first kappa shape index (κ1) is 19.4. The van der Waals surface area contributed by atoms with Gasteiger partial charge in [0, 0.05) is 19.0 Å². The highest BCUT2D eigenvalue weighted by molar-refractivity contribution is 6.42. The molecule has 1 atom stereocenters. The van der Waals surface area contributed by atoms with Crippen LogP contribution in [0, 0.1) is 5.92 Å². The van der Waals surface area contributed by atoms with Crippen molar-refractivity contribution in [3.05, 3.63) is 33.8 Å². The summed E-state index contributed by atoms with van der Waals surface area (Å²) in [5.74, 6) is 0.298. The van der Waals surface area contributed by atoms with Gasteiger partial charge in [-0.25, -0.2) is 4.79 Å². The van der Waals surface area contributed by atoms with Crippen molar-refractivity contribution >= 4 is 29.3 Å². The molecule has 0 bridgehead atoms. The Morgan fingerprint density at radius 1 is 1.29 bits per heavy atom. The van der Waals surface area contributed by atoms with Gasteiger partial charge in [0.15, 0.2) is 0 Å². The van der Waals surface area contributed by atoms with E-state index in [1.54, 1.807) is 11.0 Å². The molecule has 2 rings (SSSR count). The molecule has 0 aromatic heterocycles. The van der Waals surface area contributed by atoms with Gasteiger partial charge in [-0.3, -0.25) is 0 Å². The van der Waals surface area contributed by atoms with Crippen LogP contribution in [0.5, 0.6) is 0 Å². The van der Waals surface area contributed by atoms with Crippen LogP contribution >= 0.6 is 23.2 Å². The summed E-state index contributed by atoms with van der Waals surface area (Å²) in [5.41, 5.74) is 0.504. The van der Waals surface area contributed by atoms with E-state index in [9.17, 15) is 9.90 Å². The zero-order valence-corrected chi connectivity index (χ0v) is 15.9. The van der Waals surface area contributed by atoms with Crippen molar-refractivity contribution in [1.29, 1.82) is 0 Å². The number of hydrogen-bond donors (Lipinski definition) is 1. The molecule has 1 saturated heterocycles. The first-order chi connectivity index (χ1) is 11.2. The molecule has 0 spiro atoms. The summed E-state index contributed by atoms with van der Waals surface area (Å²) in [4.78, 5) is 13.9. The summed E-state index contributed by atoms with van der Waals surface area (Å²) >= 11 is 12.1. The van der Waals surface area contributed by atoms with E-state index in [1.807, 2.05) is 32.9 Å². The normalized spacial score (nSPS) is 17.7. The smallest absolute Gasteiger partial charge is 0.410 e. The van der Waals surface area contributed by atoms with E-state index in [0.29, 0.717) is 29.1 Å². The fraction of sp³-hybridized carbons (Fsp3) is 0.611. The zero-order chi connectivity index (χ0) is 17.9. The molecule has 1 aliphatic rings. The standard InChI is InChI=1S/C18H25Cl2NO3/c1-18(2,3)24-17(23)21-8-6-12(7-9-21)14(11-22)13-4-5-15(19)16(20)10-13/h4-5,10,12,14,22H,6-9,11H2,1-3H3/t14-/m0/s1. The molecule has 134 valence electrons. The van der Waals surface area contributed by atoms with Crippen LogP contribution in [0.2, 0.25) is 10.0 Å². The molecular weight excluding hydrogens is 349 g/mol. The number of halogens is 2. The van der Waals surface area contributed by atoms with Crippen molar-refractivity contribution in [2.45, 2.75) is 45.1 Å². The molecule has 1 aliphatic heterocycles. The maximum atomic E-state index is 12.1. The molecule has 24 heavy (non-hydrogen) atoms. The van der Waals surface area contributed by atoms with Crippen LogP contribution in [0.15, 0.2) is 18.2 Å². The molecule has 4 nitrogen and oxygen atoms in total. The van der Waals surface area contributed by atoms with Gasteiger partial charge >= 0.3 is 6.09 Å². The third-order valence-electron chi connectivity index (χ3n) is 4.33. The largest absolute Gasteiger partial charge is 0.444 e. The Balaban J connectivity index is 1.99.